The molecule has 3 heterocycles. The first-order chi connectivity index (χ1) is 16.4. The van der Waals surface area contributed by atoms with Gasteiger partial charge in [0.15, 0.2) is 11.6 Å². The van der Waals surface area contributed by atoms with E-state index in [2.05, 4.69) is 20.3 Å². The number of ether oxygens (including phenoxy) is 2. The van der Waals surface area contributed by atoms with Crippen LogP contribution in [0.15, 0.2) is 24.7 Å². The van der Waals surface area contributed by atoms with E-state index in [-0.39, 0.29) is 23.6 Å². The summed E-state index contributed by atoms with van der Waals surface area (Å²) in [5.74, 6) is 0.210. The summed E-state index contributed by atoms with van der Waals surface area (Å²) in [6.07, 6.45) is 5.85. The van der Waals surface area contributed by atoms with Crippen LogP contribution in [0.3, 0.4) is 0 Å². The molecule has 1 saturated carbocycles. The summed E-state index contributed by atoms with van der Waals surface area (Å²) in [6.45, 7) is 3.16. The van der Waals surface area contributed by atoms with E-state index in [4.69, 9.17) is 9.47 Å². The Labute approximate surface area is 195 Å². The quantitative estimate of drug-likeness (QED) is 0.553. The Morgan fingerprint density at radius 2 is 2.06 bits per heavy atom. The molecule has 1 aliphatic heterocycles. The summed E-state index contributed by atoms with van der Waals surface area (Å²) in [4.78, 5) is 38.0. The Morgan fingerprint density at radius 3 is 2.76 bits per heavy atom. The van der Waals surface area contributed by atoms with E-state index in [1.54, 1.807) is 11.1 Å². The highest BCUT2D eigenvalue weighted by atomic mass is 19.1. The average Bonchev–Trinajstić information content (AvgIpc) is 3.35. The summed E-state index contributed by atoms with van der Waals surface area (Å²) < 4.78 is 25.8. The van der Waals surface area contributed by atoms with E-state index < -0.39 is 5.82 Å². The van der Waals surface area contributed by atoms with Crippen molar-refractivity contribution in [3.05, 3.63) is 36.0 Å². The normalized spacial score (nSPS) is 17.7. The molecule has 1 aromatic carbocycles. The molecule has 2 fully saturated rings. The van der Waals surface area contributed by atoms with Crippen LogP contribution in [0.25, 0.3) is 22.3 Å². The molecule has 0 unspecified atom stereocenters. The van der Waals surface area contributed by atoms with Crippen LogP contribution in [0.1, 0.15) is 36.5 Å². The highest BCUT2D eigenvalue weighted by Crippen LogP contribution is 2.39. The number of amides is 2. The Hall–Kier alpha value is -3.69. The second kappa shape index (κ2) is 8.92. The minimum atomic E-state index is -0.538. The van der Waals surface area contributed by atoms with Crippen LogP contribution >= 0.6 is 0 Å². The average molecular weight is 468 g/mol. The predicted octanol–water partition coefficient (Wildman–Crippen LogP) is 2.91. The number of aromatic amines is 1. The van der Waals surface area contributed by atoms with Gasteiger partial charge in [0.2, 0.25) is 5.91 Å². The molecule has 10 heteroatoms. The zero-order valence-electron chi connectivity index (χ0n) is 19.1. The lowest BCUT2D eigenvalue weighted by molar-refractivity contribution is -0.127. The fourth-order valence-corrected chi connectivity index (χ4v) is 4.23. The van der Waals surface area contributed by atoms with Crippen molar-refractivity contribution in [2.45, 2.75) is 32.2 Å². The lowest BCUT2D eigenvalue weighted by Crippen LogP contribution is -2.37. The van der Waals surface area contributed by atoms with Gasteiger partial charge in [-0.3, -0.25) is 9.59 Å². The van der Waals surface area contributed by atoms with Gasteiger partial charge in [-0.25, -0.2) is 14.4 Å². The maximum Gasteiger partial charge on any atom is 0.255 e. The van der Waals surface area contributed by atoms with Gasteiger partial charge in [0.1, 0.15) is 23.3 Å². The largest absolute Gasteiger partial charge is 0.494 e. The number of carbonyl (C=O) groups is 2. The molecule has 2 N–H and O–H groups in total. The van der Waals surface area contributed by atoms with Crippen molar-refractivity contribution in [2.24, 2.45) is 5.92 Å². The number of nitrogens with one attached hydrogen (secondary N) is 2. The molecule has 0 bridgehead atoms. The highest BCUT2D eigenvalue weighted by Gasteiger charge is 2.28. The zero-order chi connectivity index (χ0) is 23.8. The first kappa shape index (κ1) is 22.1. The monoisotopic (exact) mass is 467 g/mol. The van der Waals surface area contributed by atoms with E-state index in [9.17, 15) is 14.0 Å². The topological polar surface area (TPSA) is 109 Å². The number of halogens is 1. The predicted molar refractivity (Wildman–Crippen MR) is 122 cm³/mol. The van der Waals surface area contributed by atoms with Gasteiger partial charge in [0.05, 0.1) is 24.8 Å². The Balaban J connectivity index is 1.46. The first-order valence-electron chi connectivity index (χ1n) is 11.3. The number of methoxy groups -OCH3 is 1. The highest BCUT2D eigenvalue weighted by molar-refractivity contribution is 6.08. The molecular formula is C24H26FN5O4. The van der Waals surface area contributed by atoms with Gasteiger partial charge in [0.25, 0.3) is 5.91 Å². The Kier molecular flexibility index (Phi) is 5.80. The van der Waals surface area contributed by atoms with Gasteiger partial charge in [-0.05, 0) is 31.2 Å². The van der Waals surface area contributed by atoms with Crippen molar-refractivity contribution in [3.8, 4) is 22.8 Å². The Bertz CT molecular complexity index is 1260. The summed E-state index contributed by atoms with van der Waals surface area (Å²) in [6, 6.07) is 2.73. The number of benzene rings is 1. The molecule has 9 nitrogen and oxygen atoms in total. The van der Waals surface area contributed by atoms with Crippen LogP contribution in [-0.2, 0) is 4.79 Å². The maximum absolute atomic E-state index is 14.7. The second-order valence-corrected chi connectivity index (χ2v) is 8.81. The molecule has 5 rings (SSSR count). The van der Waals surface area contributed by atoms with E-state index in [1.165, 1.54) is 32.5 Å². The molecule has 2 aliphatic rings. The number of hydrogen-bond donors (Lipinski definition) is 2. The Morgan fingerprint density at radius 1 is 1.24 bits per heavy atom. The van der Waals surface area contributed by atoms with E-state index >= 15 is 0 Å². The number of rotatable bonds is 7. The molecule has 0 spiro atoms. The van der Waals surface area contributed by atoms with Crippen molar-refractivity contribution < 1.29 is 23.5 Å². The first-order valence-corrected chi connectivity index (χ1v) is 11.3. The fourth-order valence-electron chi connectivity index (χ4n) is 4.23. The number of aromatic nitrogens is 3. The van der Waals surface area contributed by atoms with Gasteiger partial charge in [-0.2, -0.15) is 0 Å². The number of likely N-dealkylation sites (tertiary alicyclic amines) is 1. The lowest BCUT2D eigenvalue weighted by Gasteiger charge is -2.15. The fraction of sp³-hybridized carbons (Fsp3) is 0.417. The van der Waals surface area contributed by atoms with Crippen molar-refractivity contribution in [2.75, 3.05) is 26.8 Å². The number of H-pyrrole nitrogens is 1. The minimum absolute atomic E-state index is 0.00680. The van der Waals surface area contributed by atoms with Crippen LogP contribution in [-0.4, -0.2) is 64.5 Å². The third-order valence-electron chi connectivity index (χ3n) is 6.36. The molecular weight excluding hydrogens is 441 g/mol. The number of carbonyl (C=O) groups excluding carboxylic acids is 2. The standard InChI is InChI=1S/C24H26FN5O4/c1-13(31)30-6-5-15(10-30)29-24(32)17-9-26-23-21(27-12-28-22(17)23)16-7-18(25)20(33-2)8-19(16)34-11-14-3-4-14/h7-9,12,14-15,26H,3-6,10-11H2,1-2H3,(H,29,32)/t15-/m1/s1. The molecule has 3 aromatic rings. The van der Waals surface area contributed by atoms with Gasteiger partial charge in [-0.1, -0.05) is 0 Å². The molecule has 0 radical (unpaired) electrons. The molecule has 178 valence electrons. The number of fused-ring (bicyclic) bond motifs is 1. The smallest absolute Gasteiger partial charge is 0.255 e. The van der Waals surface area contributed by atoms with Crippen molar-refractivity contribution in [1.29, 1.82) is 0 Å². The molecule has 1 atom stereocenters. The van der Waals surface area contributed by atoms with Gasteiger partial charge < -0.3 is 24.7 Å². The number of hydrogen-bond acceptors (Lipinski definition) is 6. The SMILES string of the molecule is COc1cc(OCC2CC2)c(-c2ncnc3c(C(=O)N[C@@H]4CCN(C(C)=O)C4)c[nH]c23)cc1F. The zero-order valence-corrected chi connectivity index (χ0v) is 19.1. The van der Waals surface area contributed by atoms with Crippen LogP contribution < -0.4 is 14.8 Å². The molecule has 2 aromatic heterocycles. The summed E-state index contributed by atoms with van der Waals surface area (Å²) >= 11 is 0. The van der Waals surface area contributed by atoms with Crippen LogP contribution in [0.4, 0.5) is 4.39 Å². The van der Waals surface area contributed by atoms with Gasteiger partial charge in [0, 0.05) is 43.9 Å². The molecule has 2 amide bonds. The van der Waals surface area contributed by atoms with Crippen LogP contribution in [0, 0.1) is 11.7 Å². The van der Waals surface area contributed by atoms with Gasteiger partial charge in [-0.15, -0.1) is 0 Å². The summed E-state index contributed by atoms with van der Waals surface area (Å²) in [7, 11) is 1.40. The van der Waals surface area contributed by atoms with Crippen molar-refractivity contribution in [1.82, 2.24) is 25.2 Å². The molecule has 1 saturated heterocycles. The van der Waals surface area contributed by atoms with E-state index in [1.807, 2.05) is 0 Å². The molecule has 34 heavy (non-hydrogen) atoms. The van der Waals surface area contributed by atoms with Crippen LogP contribution in [0.5, 0.6) is 11.5 Å². The third kappa shape index (κ3) is 4.27. The van der Waals surface area contributed by atoms with E-state index in [0.29, 0.717) is 65.6 Å². The minimum Gasteiger partial charge on any atom is -0.494 e. The van der Waals surface area contributed by atoms with Crippen molar-refractivity contribution in [3.63, 3.8) is 0 Å². The lowest BCUT2D eigenvalue weighted by atomic mass is 10.1. The summed E-state index contributed by atoms with van der Waals surface area (Å²) in [5.41, 5.74) is 2.17. The van der Waals surface area contributed by atoms with Gasteiger partial charge >= 0.3 is 0 Å². The number of nitrogens with zero attached hydrogens (tertiary/aromatic N) is 3. The van der Waals surface area contributed by atoms with E-state index in [0.717, 1.165) is 12.8 Å². The van der Waals surface area contributed by atoms with Crippen LogP contribution in [0.2, 0.25) is 0 Å². The molecule has 1 aliphatic carbocycles. The maximum atomic E-state index is 14.7. The second-order valence-electron chi connectivity index (χ2n) is 8.81. The summed E-state index contributed by atoms with van der Waals surface area (Å²) in [5, 5.41) is 2.98. The van der Waals surface area contributed by atoms with Crippen molar-refractivity contribution >= 4 is 22.8 Å². The third-order valence-corrected chi connectivity index (χ3v) is 6.36.